The lowest BCUT2D eigenvalue weighted by Crippen LogP contribution is -2.20. The number of nitrogens with zero attached hydrogens (tertiary/aromatic N) is 1. The number of amides is 1. The fourth-order valence-electron chi connectivity index (χ4n) is 2.96. The van der Waals surface area contributed by atoms with Crippen LogP contribution < -0.4 is 5.32 Å². The number of hydrogen-bond donors (Lipinski definition) is 1. The van der Waals surface area contributed by atoms with Crippen LogP contribution in [0.1, 0.15) is 34.5 Å². The van der Waals surface area contributed by atoms with Crippen LogP contribution in [0.5, 0.6) is 0 Å². The monoisotopic (exact) mass is 376 g/mol. The highest BCUT2D eigenvalue weighted by Crippen LogP contribution is 2.36. The maximum absolute atomic E-state index is 13.7. The summed E-state index contributed by atoms with van der Waals surface area (Å²) in [5.41, 5.74) is 2.10. The summed E-state index contributed by atoms with van der Waals surface area (Å²) < 4.78 is 32.3. The molecular formula is C22H14F2N2O2. The van der Waals surface area contributed by atoms with Crippen LogP contribution in [-0.4, -0.2) is 11.1 Å². The summed E-state index contributed by atoms with van der Waals surface area (Å²) in [5, 5.41) is 2.72. The average Bonchev–Trinajstić information content (AvgIpc) is 3.10. The lowest BCUT2D eigenvalue weighted by molar-refractivity contribution is 0.132. The van der Waals surface area contributed by atoms with Crippen molar-refractivity contribution in [1.29, 1.82) is 0 Å². The number of carbonyl (C=O) groups excluding carboxylic acids is 1. The number of alkyl carbamates (subject to hydrolysis) is 1. The molecule has 1 amide bonds. The summed E-state index contributed by atoms with van der Waals surface area (Å²) >= 11 is 0. The highest BCUT2D eigenvalue weighted by atomic mass is 19.1. The van der Waals surface area contributed by atoms with Crippen LogP contribution in [0, 0.1) is 23.5 Å². The zero-order valence-corrected chi connectivity index (χ0v) is 14.5. The molecule has 0 radical (unpaired) electrons. The molecule has 2 aromatic carbocycles. The number of rotatable bonds is 2. The van der Waals surface area contributed by atoms with Crippen molar-refractivity contribution in [2.45, 2.75) is 12.1 Å². The van der Waals surface area contributed by atoms with Crippen LogP contribution in [0.2, 0.25) is 0 Å². The lowest BCUT2D eigenvalue weighted by atomic mass is 9.99. The van der Waals surface area contributed by atoms with E-state index in [4.69, 9.17) is 4.74 Å². The van der Waals surface area contributed by atoms with Crippen LogP contribution in [0.25, 0.3) is 0 Å². The number of halogens is 2. The smallest absolute Gasteiger partial charge is 0.408 e. The number of carbonyl (C=O) groups is 1. The summed E-state index contributed by atoms with van der Waals surface area (Å²) in [7, 11) is 0. The van der Waals surface area contributed by atoms with Gasteiger partial charge in [-0.15, -0.1) is 0 Å². The van der Waals surface area contributed by atoms with Crippen LogP contribution in [0.4, 0.5) is 13.6 Å². The number of cyclic esters (lactones) is 1. The second-order valence-corrected chi connectivity index (χ2v) is 6.20. The van der Waals surface area contributed by atoms with E-state index < -0.39 is 24.1 Å². The molecule has 4 nitrogen and oxygen atoms in total. The maximum Gasteiger partial charge on any atom is 0.408 e. The van der Waals surface area contributed by atoms with Crippen molar-refractivity contribution >= 4 is 6.09 Å². The molecule has 1 aliphatic rings. The predicted molar refractivity (Wildman–Crippen MR) is 98.1 cm³/mol. The Balaban J connectivity index is 1.64. The van der Waals surface area contributed by atoms with Crippen molar-refractivity contribution in [3.63, 3.8) is 0 Å². The van der Waals surface area contributed by atoms with E-state index in [0.29, 0.717) is 22.4 Å². The van der Waals surface area contributed by atoms with E-state index in [1.54, 1.807) is 48.7 Å². The number of pyridine rings is 1. The Morgan fingerprint density at radius 3 is 2.57 bits per heavy atom. The van der Waals surface area contributed by atoms with Gasteiger partial charge in [0.1, 0.15) is 17.7 Å². The Labute approximate surface area is 160 Å². The second-order valence-electron chi connectivity index (χ2n) is 6.20. The first kappa shape index (κ1) is 17.7. The number of benzene rings is 2. The summed E-state index contributed by atoms with van der Waals surface area (Å²) in [6, 6.07) is 14.9. The van der Waals surface area contributed by atoms with E-state index in [2.05, 4.69) is 22.1 Å². The molecule has 4 rings (SSSR count). The standard InChI is InChI=1S/C22H14F2N2O2/c23-17-9-7-16(8-10-17)21-20(26-22(27)28-21)19-13-14(11-12-25-19)5-6-15-3-1-2-4-18(15)24/h1-4,7-13,20-21H,(H,26,27)/t20-,21-/m0/s1. The third kappa shape index (κ3) is 3.69. The van der Waals surface area contributed by atoms with Gasteiger partial charge >= 0.3 is 6.09 Å². The minimum atomic E-state index is -0.643. The summed E-state index contributed by atoms with van der Waals surface area (Å²) in [6.07, 6.45) is 0.340. The molecule has 2 atom stereocenters. The minimum absolute atomic E-state index is 0.294. The number of hydrogen-bond acceptors (Lipinski definition) is 3. The largest absolute Gasteiger partial charge is 0.439 e. The fraction of sp³-hybridized carbons (Fsp3) is 0.0909. The molecule has 0 spiro atoms. The average molecular weight is 376 g/mol. The third-order valence-corrected chi connectivity index (χ3v) is 4.32. The quantitative estimate of drug-likeness (QED) is 0.679. The molecule has 138 valence electrons. The van der Waals surface area contributed by atoms with Crippen molar-refractivity contribution in [1.82, 2.24) is 10.3 Å². The van der Waals surface area contributed by atoms with Gasteiger partial charge < -0.3 is 10.1 Å². The molecule has 3 aromatic rings. The van der Waals surface area contributed by atoms with Crippen LogP contribution in [0.15, 0.2) is 66.9 Å². The highest BCUT2D eigenvalue weighted by molar-refractivity contribution is 5.71. The van der Waals surface area contributed by atoms with Gasteiger partial charge in [0.15, 0.2) is 6.10 Å². The molecule has 0 unspecified atom stereocenters. The van der Waals surface area contributed by atoms with Crippen molar-refractivity contribution in [2.75, 3.05) is 0 Å². The van der Waals surface area contributed by atoms with Crippen molar-refractivity contribution in [3.05, 3.63) is 101 Å². The summed E-state index contributed by atoms with van der Waals surface area (Å²) in [5.74, 6) is 4.93. The van der Waals surface area contributed by atoms with Gasteiger partial charge in [-0.05, 0) is 42.0 Å². The van der Waals surface area contributed by atoms with Gasteiger partial charge in [-0.3, -0.25) is 4.98 Å². The topological polar surface area (TPSA) is 51.2 Å². The Hall–Kier alpha value is -3.72. The molecule has 2 heterocycles. The number of aromatic nitrogens is 1. The van der Waals surface area contributed by atoms with Crippen LogP contribution >= 0.6 is 0 Å². The van der Waals surface area contributed by atoms with E-state index in [9.17, 15) is 13.6 Å². The molecule has 0 saturated carbocycles. The van der Waals surface area contributed by atoms with Gasteiger partial charge in [0.2, 0.25) is 0 Å². The van der Waals surface area contributed by atoms with E-state index in [-0.39, 0.29) is 5.82 Å². The molecule has 0 bridgehead atoms. The minimum Gasteiger partial charge on any atom is -0.439 e. The van der Waals surface area contributed by atoms with Gasteiger partial charge in [-0.2, -0.15) is 0 Å². The zero-order chi connectivity index (χ0) is 19.5. The predicted octanol–water partition coefficient (Wildman–Crippen LogP) is 4.28. The second kappa shape index (κ2) is 7.49. The van der Waals surface area contributed by atoms with Crippen molar-refractivity contribution in [3.8, 4) is 11.8 Å². The highest BCUT2D eigenvalue weighted by Gasteiger charge is 2.37. The van der Waals surface area contributed by atoms with E-state index in [1.165, 1.54) is 18.2 Å². The SMILES string of the molecule is O=C1N[C@@H](c2cc(C#Cc3ccccc3F)ccn2)[C@H](c2ccc(F)cc2)O1. The summed E-state index contributed by atoms with van der Waals surface area (Å²) in [6.45, 7) is 0. The Morgan fingerprint density at radius 1 is 1.00 bits per heavy atom. The van der Waals surface area contributed by atoms with Gasteiger partial charge in [-0.1, -0.05) is 36.1 Å². The molecule has 6 heteroatoms. The first-order chi connectivity index (χ1) is 13.6. The van der Waals surface area contributed by atoms with E-state index >= 15 is 0 Å². The maximum atomic E-state index is 13.7. The van der Waals surface area contributed by atoms with Crippen LogP contribution in [0.3, 0.4) is 0 Å². The Kier molecular flexibility index (Phi) is 4.73. The van der Waals surface area contributed by atoms with E-state index in [0.717, 1.165) is 0 Å². The normalized spacial score (nSPS) is 18.0. The lowest BCUT2D eigenvalue weighted by Gasteiger charge is -2.17. The molecule has 28 heavy (non-hydrogen) atoms. The molecule has 0 aliphatic carbocycles. The van der Waals surface area contributed by atoms with E-state index in [1.807, 2.05) is 0 Å². The fourth-order valence-corrected chi connectivity index (χ4v) is 2.96. The first-order valence-corrected chi connectivity index (χ1v) is 8.55. The van der Waals surface area contributed by atoms with Gasteiger partial charge in [0.25, 0.3) is 0 Å². The Bertz CT molecular complexity index is 1090. The molecule has 1 fully saturated rings. The number of nitrogens with one attached hydrogen (secondary N) is 1. The first-order valence-electron chi connectivity index (χ1n) is 8.55. The van der Waals surface area contributed by atoms with Gasteiger partial charge in [0.05, 0.1) is 11.3 Å². The van der Waals surface area contributed by atoms with Crippen molar-refractivity contribution in [2.24, 2.45) is 0 Å². The van der Waals surface area contributed by atoms with Crippen LogP contribution in [-0.2, 0) is 4.74 Å². The molecule has 1 saturated heterocycles. The summed E-state index contributed by atoms with van der Waals surface area (Å²) in [4.78, 5) is 16.1. The molecule has 1 aromatic heterocycles. The van der Waals surface area contributed by atoms with Gasteiger partial charge in [0, 0.05) is 11.8 Å². The molecule has 1 aliphatic heterocycles. The Morgan fingerprint density at radius 2 is 1.79 bits per heavy atom. The molecule has 1 N–H and O–H groups in total. The zero-order valence-electron chi connectivity index (χ0n) is 14.5. The van der Waals surface area contributed by atoms with Crippen molar-refractivity contribution < 1.29 is 18.3 Å². The number of ether oxygens (including phenoxy) is 1. The third-order valence-electron chi connectivity index (χ3n) is 4.32. The van der Waals surface area contributed by atoms with Gasteiger partial charge in [-0.25, -0.2) is 13.6 Å². The molecular weight excluding hydrogens is 362 g/mol.